The van der Waals surface area contributed by atoms with Gasteiger partial charge in [-0.3, -0.25) is 9.59 Å². The number of carbonyl (C=O) groups is 2. The van der Waals surface area contributed by atoms with E-state index in [0.29, 0.717) is 25.3 Å². The van der Waals surface area contributed by atoms with Gasteiger partial charge in [-0.05, 0) is 29.2 Å². The molecule has 0 aromatic heterocycles. The summed E-state index contributed by atoms with van der Waals surface area (Å²) in [6.45, 7) is 1.55. The summed E-state index contributed by atoms with van der Waals surface area (Å²) in [5.41, 5.74) is 3.74. The highest BCUT2D eigenvalue weighted by Crippen LogP contribution is 2.45. The van der Waals surface area contributed by atoms with Crippen LogP contribution in [-0.4, -0.2) is 43.5 Å². The largest absolute Gasteiger partial charge is 0.383 e. The van der Waals surface area contributed by atoms with Crippen molar-refractivity contribution in [3.63, 3.8) is 0 Å². The number of hydrogen-bond acceptors (Lipinski definition) is 3. The highest BCUT2D eigenvalue weighted by atomic mass is 16.5. The number of fused-ring (bicyclic) bond motifs is 4. The molecule has 1 N–H and O–H groups in total. The van der Waals surface area contributed by atoms with Crippen molar-refractivity contribution in [2.24, 2.45) is 0 Å². The zero-order valence-corrected chi connectivity index (χ0v) is 14.8. The number of nitrogens with zero attached hydrogens (tertiary/aromatic N) is 1. The molecule has 134 valence electrons. The van der Waals surface area contributed by atoms with Crippen LogP contribution in [0.3, 0.4) is 0 Å². The Hall–Kier alpha value is -2.66. The minimum absolute atomic E-state index is 0.0149. The van der Waals surface area contributed by atoms with Crippen molar-refractivity contribution < 1.29 is 14.3 Å². The molecule has 2 atom stereocenters. The number of amides is 2. The van der Waals surface area contributed by atoms with Crippen molar-refractivity contribution in [2.45, 2.75) is 18.4 Å². The molecule has 2 aliphatic heterocycles. The fourth-order valence-electron chi connectivity index (χ4n) is 4.14. The van der Waals surface area contributed by atoms with Crippen LogP contribution in [0.5, 0.6) is 0 Å². The van der Waals surface area contributed by atoms with Gasteiger partial charge in [0.1, 0.15) is 0 Å². The van der Waals surface area contributed by atoms with Gasteiger partial charge < -0.3 is 15.0 Å². The molecule has 0 fully saturated rings. The molecule has 2 aliphatic rings. The van der Waals surface area contributed by atoms with Gasteiger partial charge in [0, 0.05) is 25.8 Å². The van der Waals surface area contributed by atoms with Crippen LogP contribution < -0.4 is 5.32 Å². The maximum absolute atomic E-state index is 13.1. The van der Waals surface area contributed by atoms with E-state index in [1.54, 1.807) is 7.11 Å². The fourth-order valence-corrected chi connectivity index (χ4v) is 4.14. The number of rotatable bonds is 4. The first kappa shape index (κ1) is 16.8. The van der Waals surface area contributed by atoms with E-state index in [4.69, 9.17) is 4.74 Å². The van der Waals surface area contributed by atoms with Crippen molar-refractivity contribution in [2.75, 3.05) is 26.8 Å². The van der Waals surface area contributed by atoms with E-state index in [9.17, 15) is 9.59 Å². The molecular formula is C21H22N2O3. The predicted molar refractivity (Wildman–Crippen MR) is 98.0 cm³/mol. The van der Waals surface area contributed by atoms with Crippen molar-refractivity contribution in [1.29, 1.82) is 0 Å². The highest BCUT2D eigenvalue weighted by Gasteiger charge is 2.45. The maximum atomic E-state index is 13.1. The summed E-state index contributed by atoms with van der Waals surface area (Å²) >= 11 is 0. The second kappa shape index (κ2) is 6.92. The van der Waals surface area contributed by atoms with Gasteiger partial charge in [0.2, 0.25) is 5.91 Å². The third-order valence-electron chi connectivity index (χ3n) is 5.32. The summed E-state index contributed by atoms with van der Waals surface area (Å²) in [6.07, 6.45) is 0.818. The summed E-state index contributed by atoms with van der Waals surface area (Å²) in [6, 6.07) is 15.4. The zero-order chi connectivity index (χ0) is 18.1. The van der Waals surface area contributed by atoms with Crippen molar-refractivity contribution in [3.8, 4) is 0 Å². The van der Waals surface area contributed by atoms with Crippen LogP contribution in [0.2, 0.25) is 0 Å². The van der Waals surface area contributed by atoms with E-state index in [0.717, 1.165) is 17.5 Å². The van der Waals surface area contributed by atoms with Gasteiger partial charge in [-0.2, -0.15) is 0 Å². The zero-order valence-electron chi connectivity index (χ0n) is 14.8. The smallest absolute Gasteiger partial charge is 0.254 e. The molecule has 4 rings (SSSR count). The summed E-state index contributed by atoms with van der Waals surface area (Å²) in [7, 11) is 1.61. The lowest BCUT2D eigenvalue weighted by Gasteiger charge is -2.45. The molecule has 5 heteroatoms. The van der Waals surface area contributed by atoms with Crippen LogP contribution in [-0.2, 0) is 16.0 Å². The molecule has 2 heterocycles. The Labute approximate surface area is 153 Å². The predicted octanol–water partition coefficient (Wildman–Crippen LogP) is 2.29. The lowest BCUT2D eigenvalue weighted by Crippen LogP contribution is -2.50. The molecule has 0 spiro atoms. The Morgan fingerprint density at radius 3 is 2.69 bits per heavy atom. The van der Waals surface area contributed by atoms with Crippen molar-refractivity contribution in [3.05, 3.63) is 70.8 Å². The van der Waals surface area contributed by atoms with Crippen LogP contribution in [0, 0.1) is 0 Å². The van der Waals surface area contributed by atoms with E-state index in [-0.39, 0.29) is 17.9 Å². The maximum Gasteiger partial charge on any atom is 0.254 e. The second-order valence-corrected chi connectivity index (χ2v) is 6.74. The van der Waals surface area contributed by atoms with Gasteiger partial charge in [-0.1, -0.05) is 42.5 Å². The molecule has 2 amide bonds. The molecule has 26 heavy (non-hydrogen) atoms. The molecule has 0 bridgehead atoms. The normalized spacial score (nSPS) is 20.8. The van der Waals surface area contributed by atoms with Gasteiger partial charge in [0.25, 0.3) is 5.91 Å². The van der Waals surface area contributed by atoms with Gasteiger partial charge in [-0.15, -0.1) is 0 Å². The number of hydrogen-bond donors (Lipinski definition) is 1. The second-order valence-electron chi connectivity index (χ2n) is 6.74. The number of methoxy groups -OCH3 is 1. The van der Waals surface area contributed by atoms with Gasteiger partial charge >= 0.3 is 0 Å². The summed E-state index contributed by atoms with van der Waals surface area (Å²) in [5.74, 6) is -0.461. The van der Waals surface area contributed by atoms with Gasteiger partial charge in [0.05, 0.1) is 18.6 Å². The molecule has 0 aliphatic carbocycles. The number of ether oxygens (including phenoxy) is 1. The molecule has 5 nitrogen and oxygen atoms in total. The monoisotopic (exact) mass is 350 g/mol. The van der Waals surface area contributed by atoms with E-state index in [2.05, 4.69) is 11.4 Å². The fraction of sp³-hybridized carbons (Fsp3) is 0.333. The van der Waals surface area contributed by atoms with Crippen molar-refractivity contribution >= 4 is 11.8 Å². The molecule has 0 saturated carbocycles. The third kappa shape index (κ3) is 2.69. The first-order chi connectivity index (χ1) is 12.7. The Kier molecular flexibility index (Phi) is 4.47. The van der Waals surface area contributed by atoms with Crippen LogP contribution in [0.4, 0.5) is 0 Å². The van der Waals surface area contributed by atoms with E-state index < -0.39 is 5.92 Å². The third-order valence-corrected chi connectivity index (χ3v) is 5.32. The Balaban J connectivity index is 1.81. The molecule has 0 saturated heterocycles. The summed E-state index contributed by atoms with van der Waals surface area (Å²) in [5, 5.41) is 2.97. The Morgan fingerprint density at radius 1 is 1.15 bits per heavy atom. The molecule has 2 aromatic rings. The molecule has 2 aromatic carbocycles. The quantitative estimate of drug-likeness (QED) is 0.861. The van der Waals surface area contributed by atoms with E-state index >= 15 is 0 Å². The van der Waals surface area contributed by atoms with Crippen molar-refractivity contribution in [1.82, 2.24) is 10.2 Å². The van der Waals surface area contributed by atoms with E-state index in [1.807, 2.05) is 47.4 Å². The average molecular weight is 350 g/mol. The average Bonchev–Trinajstić information content (AvgIpc) is 2.68. The Morgan fingerprint density at radius 2 is 1.88 bits per heavy atom. The topological polar surface area (TPSA) is 58.6 Å². The lowest BCUT2D eigenvalue weighted by molar-refractivity contribution is -0.124. The van der Waals surface area contributed by atoms with Crippen LogP contribution in [0.15, 0.2) is 48.5 Å². The Bertz CT molecular complexity index is 849. The van der Waals surface area contributed by atoms with Gasteiger partial charge in [0.15, 0.2) is 0 Å². The lowest BCUT2D eigenvalue weighted by atomic mass is 9.76. The number of benzene rings is 2. The van der Waals surface area contributed by atoms with Crippen LogP contribution >= 0.6 is 0 Å². The van der Waals surface area contributed by atoms with Gasteiger partial charge in [-0.25, -0.2) is 0 Å². The van der Waals surface area contributed by atoms with Crippen LogP contribution in [0.1, 0.15) is 39.0 Å². The first-order valence-electron chi connectivity index (χ1n) is 8.96. The van der Waals surface area contributed by atoms with E-state index in [1.165, 1.54) is 5.56 Å². The first-order valence-corrected chi connectivity index (χ1v) is 8.96. The minimum Gasteiger partial charge on any atom is -0.383 e. The highest BCUT2D eigenvalue weighted by molar-refractivity contribution is 6.01. The summed E-state index contributed by atoms with van der Waals surface area (Å²) in [4.78, 5) is 28.0. The molecule has 0 unspecified atom stereocenters. The number of nitrogens with one attached hydrogen (secondary N) is 1. The number of carbonyl (C=O) groups excluding carboxylic acids is 2. The summed E-state index contributed by atoms with van der Waals surface area (Å²) < 4.78 is 5.05. The molecular weight excluding hydrogens is 328 g/mol. The molecule has 0 radical (unpaired) electrons. The van der Waals surface area contributed by atoms with Crippen LogP contribution in [0.25, 0.3) is 0 Å². The standard InChI is InChI=1S/C21H22N2O3/c1-26-13-11-22-20(24)18-16-8-4-5-9-17(16)21(25)23-12-10-14-6-2-3-7-15(14)19(18)23/h2-9,18-19H,10-13H2,1H3,(H,22,24)/t18-,19-/m0/s1. The SMILES string of the molecule is COCCNC(=O)[C@H]1c2ccccc2C(=O)N2CCc3ccccc3[C@@H]12. The minimum atomic E-state index is -0.415.